The van der Waals surface area contributed by atoms with Gasteiger partial charge in [0.25, 0.3) is 0 Å². The molecule has 1 atom stereocenters. The molecule has 0 aromatic heterocycles. The number of methoxy groups -OCH3 is 1. The molecule has 2 aromatic rings. The lowest BCUT2D eigenvalue weighted by molar-refractivity contribution is -0.141. The molecule has 0 saturated carbocycles. The Morgan fingerprint density at radius 3 is 2.36 bits per heavy atom. The normalized spacial score (nSPS) is 12.8. The Bertz CT molecular complexity index is 852. The molecule has 25 heavy (non-hydrogen) atoms. The lowest BCUT2D eigenvalue weighted by atomic mass is 10.1. The van der Waals surface area contributed by atoms with E-state index in [0.29, 0.717) is 16.3 Å². The Balaban J connectivity index is 2.36. The maximum absolute atomic E-state index is 12.7. The van der Waals surface area contributed by atoms with Gasteiger partial charge in [-0.15, -0.1) is 0 Å². The first-order valence-corrected chi connectivity index (χ1v) is 9.17. The third-order valence-electron chi connectivity index (χ3n) is 3.82. The van der Waals surface area contributed by atoms with Crippen LogP contribution < -0.4 is 4.74 Å². The molecule has 0 aliphatic carbocycles. The maximum Gasteiger partial charge on any atom is 0.322 e. The first kappa shape index (κ1) is 19.2. The molecule has 0 heterocycles. The molecule has 134 valence electrons. The number of hydrogen-bond donors (Lipinski definition) is 1. The molecule has 0 bridgehead atoms. The van der Waals surface area contributed by atoms with Gasteiger partial charge in [0.15, 0.2) is 0 Å². The summed E-state index contributed by atoms with van der Waals surface area (Å²) >= 11 is 5.78. The molecule has 0 aliphatic rings. The van der Waals surface area contributed by atoms with E-state index in [1.165, 1.54) is 38.4 Å². The Kier molecular flexibility index (Phi) is 6.05. The molecule has 0 saturated heterocycles. The van der Waals surface area contributed by atoms with Gasteiger partial charge in [0.2, 0.25) is 10.0 Å². The van der Waals surface area contributed by atoms with E-state index in [0.717, 1.165) is 4.31 Å². The molecule has 0 amide bonds. The fourth-order valence-corrected chi connectivity index (χ4v) is 3.83. The van der Waals surface area contributed by atoms with Crippen LogP contribution in [0.15, 0.2) is 53.4 Å². The zero-order chi connectivity index (χ0) is 18.6. The molecule has 0 unspecified atom stereocenters. The van der Waals surface area contributed by atoms with Gasteiger partial charge in [-0.2, -0.15) is 4.31 Å². The summed E-state index contributed by atoms with van der Waals surface area (Å²) in [4.78, 5) is 11.7. The minimum atomic E-state index is -3.99. The summed E-state index contributed by atoms with van der Waals surface area (Å²) in [6, 6.07) is 11.2. The minimum absolute atomic E-state index is 0.0225. The van der Waals surface area contributed by atoms with E-state index >= 15 is 0 Å². The van der Waals surface area contributed by atoms with Crippen LogP contribution in [0.3, 0.4) is 0 Å². The monoisotopic (exact) mass is 383 g/mol. The van der Waals surface area contributed by atoms with Crippen molar-refractivity contribution < 1.29 is 23.1 Å². The van der Waals surface area contributed by atoms with Crippen molar-refractivity contribution in [3.63, 3.8) is 0 Å². The van der Waals surface area contributed by atoms with Crippen LogP contribution in [-0.4, -0.2) is 44.0 Å². The predicted molar refractivity (Wildman–Crippen MR) is 94.5 cm³/mol. The number of rotatable bonds is 7. The number of sulfonamides is 1. The van der Waals surface area contributed by atoms with Gasteiger partial charge in [0, 0.05) is 18.5 Å². The summed E-state index contributed by atoms with van der Waals surface area (Å²) < 4.78 is 31.5. The van der Waals surface area contributed by atoms with Gasteiger partial charge >= 0.3 is 5.97 Å². The SMILES string of the molecule is COc1ccccc1C[C@H](C(=O)O)N(C)S(=O)(=O)c1ccc(Cl)cc1. The molecule has 0 radical (unpaired) electrons. The van der Waals surface area contributed by atoms with Crippen molar-refractivity contribution in [2.24, 2.45) is 0 Å². The number of carbonyl (C=O) groups is 1. The van der Waals surface area contributed by atoms with Gasteiger partial charge in [-0.3, -0.25) is 4.79 Å². The second kappa shape index (κ2) is 7.86. The molecule has 1 N–H and O–H groups in total. The van der Waals surface area contributed by atoms with Crippen LogP contribution in [0.4, 0.5) is 0 Å². The first-order valence-electron chi connectivity index (χ1n) is 7.35. The van der Waals surface area contributed by atoms with Crippen LogP contribution in [0.2, 0.25) is 5.02 Å². The molecule has 2 rings (SSSR count). The second-order valence-corrected chi connectivity index (χ2v) is 7.78. The third kappa shape index (κ3) is 4.31. The number of ether oxygens (including phenoxy) is 1. The largest absolute Gasteiger partial charge is 0.496 e. The number of likely N-dealkylation sites (N-methyl/N-ethyl adjacent to an activating group) is 1. The Morgan fingerprint density at radius 1 is 1.20 bits per heavy atom. The topological polar surface area (TPSA) is 83.9 Å². The average Bonchev–Trinajstić information content (AvgIpc) is 2.59. The quantitative estimate of drug-likeness (QED) is 0.794. The van der Waals surface area contributed by atoms with Crippen LogP contribution >= 0.6 is 11.6 Å². The zero-order valence-electron chi connectivity index (χ0n) is 13.7. The zero-order valence-corrected chi connectivity index (χ0v) is 15.3. The van der Waals surface area contributed by atoms with Gasteiger partial charge in [-0.1, -0.05) is 29.8 Å². The van der Waals surface area contributed by atoms with Crippen LogP contribution in [0, 0.1) is 0 Å². The number of hydrogen-bond acceptors (Lipinski definition) is 4. The summed E-state index contributed by atoms with van der Waals surface area (Å²) in [5, 5.41) is 9.95. The van der Waals surface area contributed by atoms with E-state index < -0.39 is 22.0 Å². The molecular weight excluding hydrogens is 366 g/mol. The smallest absolute Gasteiger partial charge is 0.322 e. The Labute approximate surface area is 151 Å². The fourth-order valence-electron chi connectivity index (χ4n) is 2.39. The average molecular weight is 384 g/mol. The number of benzene rings is 2. The Hall–Kier alpha value is -2.09. The van der Waals surface area contributed by atoms with Crippen molar-refractivity contribution in [2.75, 3.05) is 14.2 Å². The summed E-state index contributed by atoms with van der Waals surface area (Å²) in [5.74, 6) is -0.739. The molecule has 0 spiro atoms. The van der Waals surface area contributed by atoms with Crippen molar-refractivity contribution in [2.45, 2.75) is 17.4 Å². The second-order valence-electron chi connectivity index (χ2n) is 5.35. The van der Waals surface area contributed by atoms with E-state index in [9.17, 15) is 18.3 Å². The molecule has 6 nitrogen and oxygen atoms in total. The van der Waals surface area contributed by atoms with Gasteiger partial charge in [-0.25, -0.2) is 8.42 Å². The number of para-hydroxylation sites is 1. The highest BCUT2D eigenvalue weighted by molar-refractivity contribution is 7.89. The van der Waals surface area contributed by atoms with E-state index in [1.807, 2.05) is 0 Å². The minimum Gasteiger partial charge on any atom is -0.496 e. The summed E-state index contributed by atoms with van der Waals surface area (Å²) in [6.07, 6.45) is -0.0251. The molecule has 2 aromatic carbocycles. The van der Waals surface area contributed by atoms with Crippen molar-refractivity contribution >= 4 is 27.6 Å². The van der Waals surface area contributed by atoms with Crippen LogP contribution in [0.5, 0.6) is 5.75 Å². The van der Waals surface area contributed by atoms with Gasteiger partial charge in [-0.05, 0) is 35.9 Å². The highest BCUT2D eigenvalue weighted by Crippen LogP contribution is 2.24. The van der Waals surface area contributed by atoms with Crippen molar-refractivity contribution in [3.05, 3.63) is 59.1 Å². The number of aliphatic carboxylic acids is 1. The van der Waals surface area contributed by atoms with Crippen LogP contribution in [0.25, 0.3) is 0 Å². The van der Waals surface area contributed by atoms with Crippen molar-refractivity contribution in [3.8, 4) is 5.75 Å². The van der Waals surface area contributed by atoms with E-state index in [2.05, 4.69) is 0 Å². The molecular formula is C17H18ClNO5S. The van der Waals surface area contributed by atoms with E-state index in [-0.39, 0.29) is 11.3 Å². The Morgan fingerprint density at radius 2 is 1.80 bits per heavy atom. The fraction of sp³-hybridized carbons (Fsp3) is 0.235. The molecule has 8 heteroatoms. The molecule has 0 aliphatic heterocycles. The lowest BCUT2D eigenvalue weighted by Crippen LogP contribution is -2.43. The standard InChI is InChI=1S/C17H18ClNO5S/c1-19(25(22,23)14-9-7-13(18)8-10-14)15(17(20)21)11-12-5-3-4-6-16(12)24-2/h3-10,15H,11H2,1-2H3,(H,20,21)/t15-/m1/s1. The number of carboxylic acids is 1. The van der Waals surface area contributed by atoms with Gasteiger partial charge in [0.1, 0.15) is 11.8 Å². The van der Waals surface area contributed by atoms with E-state index in [1.54, 1.807) is 24.3 Å². The van der Waals surface area contributed by atoms with Crippen molar-refractivity contribution in [1.82, 2.24) is 4.31 Å². The predicted octanol–water partition coefficient (Wildman–Crippen LogP) is 2.67. The highest BCUT2D eigenvalue weighted by Gasteiger charge is 2.33. The number of nitrogens with zero attached hydrogens (tertiary/aromatic N) is 1. The summed E-state index contributed by atoms with van der Waals surface area (Å²) in [7, 11) is -1.26. The third-order valence-corrected chi connectivity index (χ3v) is 5.95. The van der Waals surface area contributed by atoms with Gasteiger partial charge < -0.3 is 9.84 Å². The number of halogens is 1. The summed E-state index contributed by atoms with van der Waals surface area (Å²) in [5.41, 5.74) is 0.607. The number of carboxylic acid groups (broad SMARTS) is 1. The first-order chi connectivity index (χ1) is 11.8. The summed E-state index contributed by atoms with van der Waals surface area (Å²) in [6.45, 7) is 0. The van der Waals surface area contributed by atoms with E-state index in [4.69, 9.17) is 16.3 Å². The lowest BCUT2D eigenvalue weighted by Gasteiger charge is -2.25. The van der Waals surface area contributed by atoms with Crippen LogP contribution in [-0.2, 0) is 21.2 Å². The van der Waals surface area contributed by atoms with Crippen molar-refractivity contribution in [1.29, 1.82) is 0 Å². The molecule has 0 fully saturated rings. The maximum atomic E-state index is 12.7. The highest BCUT2D eigenvalue weighted by atomic mass is 35.5. The van der Waals surface area contributed by atoms with Crippen LogP contribution in [0.1, 0.15) is 5.56 Å². The van der Waals surface area contributed by atoms with Gasteiger partial charge in [0.05, 0.1) is 12.0 Å².